The van der Waals surface area contributed by atoms with Crippen molar-refractivity contribution >= 4 is 11.6 Å². The molecule has 5 nitrogen and oxygen atoms in total. The maximum Gasteiger partial charge on any atom is 0.225 e. The zero-order valence-corrected chi connectivity index (χ0v) is 13.5. The second-order valence-corrected chi connectivity index (χ2v) is 5.66. The number of hydrogen-bond donors (Lipinski definition) is 2. The molecule has 1 aromatic rings. The smallest absolute Gasteiger partial charge is 0.225 e. The Hall–Kier alpha value is -1.75. The van der Waals surface area contributed by atoms with Crippen LogP contribution in [-0.2, 0) is 4.79 Å². The Morgan fingerprint density at radius 2 is 1.86 bits per heavy atom. The Labute approximate surface area is 132 Å². The highest BCUT2D eigenvalue weighted by molar-refractivity contribution is 5.91. The van der Waals surface area contributed by atoms with Crippen molar-refractivity contribution < 1.29 is 14.3 Å². The second-order valence-electron chi connectivity index (χ2n) is 5.66. The molecule has 0 aliphatic heterocycles. The van der Waals surface area contributed by atoms with Crippen molar-refractivity contribution in [3.8, 4) is 11.5 Å². The molecular weight excluding hydrogens is 280 g/mol. The lowest BCUT2D eigenvalue weighted by Crippen LogP contribution is -2.33. The summed E-state index contributed by atoms with van der Waals surface area (Å²) in [7, 11) is 3.17. The number of rotatable bonds is 7. The van der Waals surface area contributed by atoms with Gasteiger partial charge in [0.2, 0.25) is 5.91 Å². The molecule has 0 radical (unpaired) electrons. The summed E-state index contributed by atoms with van der Waals surface area (Å²) < 4.78 is 10.4. The van der Waals surface area contributed by atoms with Gasteiger partial charge in [0.15, 0.2) is 11.5 Å². The molecule has 0 heterocycles. The molecule has 1 aromatic carbocycles. The predicted octanol–water partition coefficient (Wildman–Crippen LogP) is 2.95. The van der Waals surface area contributed by atoms with Crippen LogP contribution in [-0.4, -0.2) is 32.7 Å². The summed E-state index contributed by atoms with van der Waals surface area (Å²) >= 11 is 0. The van der Waals surface area contributed by atoms with Crippen LogP contribution >= 0.6 is 0 Å². The van der Waals surface area contributed by atoms with Crippen molar-refractivity contribution in [1.82, 2.24) is 5.32 Å². The average Bonchev–Trinajstić information content (AvgIpc) is 2.55. The SMILES string of the molecule is COc1ccc(NC(=O)CCNC2CCCCC2)cc1OC. The van der Waals surface area contributed by atoms with E-state index in [9.17, 15) is 4.79 Å². The zero-order chi connectivity index (χ0) is 15.8. The van der Waals surface area contributed by atoms with Crippen molar-refractivity contribution in [1.29, 1.82) is 0 Å². The van der Waals surface area contributed by atoms with Crippen LogP contribution in [0.3, 0.4) is 0 Å². The van der Waals surface area contributed by atoms with Crippen molar-refractivity contribution in [3.05, 3.63) is 18.2 Å². The number of benzene rings is 1. The fourth-order valence-corrected chi connectivity index (χ4v) is 2.83. The molecule has 0 unspecified atom stereocenters. The van der Waals surface area contributed by atoms with Gasteiger partial charge in [0.1, 0.15) is 0 Å². The van der Waals surface area contributed by atoms with Gasteiger partial charge in [0.25, 0.3) is 0 Å². The van der Waals surface area contributed by atoms with Crippen LogP contribution in [0, 0.1) is 0 Å². The molecule has 122 valence electrons. The third-order valence-corrected chi connectivity index (χ3v) is 4.06. The molecule has 1 aliphatic carbocycles. The second kappa shape index (κ2) is 8.63. The molecule has 2 rings (SSSR count). The fourth-order valence-electron chi connectivity index (χ4n) is 2.83. The number of carbonyl (C=O) groups excluding carboxylic acids is 1. The number of methoxy groups -OCH3 is 2. The monoisotopic (exact) mass is 306 g/mol. The van der Waals surface area contributed by atoms with E-state index in [0.29, 0.717) is 24.0 Å². The lowest BCUT2D eigenvalue weighted by molar-refractivity contribution is -0.116. The molecule has 5 heteroatoms. The first-order chi connectivity index (χ1) is 10.7. The highest BCUT2D eigenvalue weighted by Crippen LogP contribution is 2.29. The minimum Gasteiger partial charge on any atom is -0.493 e. The molecule has 0 spiro atoms. The van der Waals surface area contributed by atoms with E-state index in [2.05, 4.69) is 10.6 Å². The molecule has 0 bridgehead atoms. The van der Waals surface area contributed by atoms with Crippen molar-refractivity contribution in [2.24, 2.45) is 0 Å². The number of nitrogens with one attached hydrogen (secondary N) is 2. The Bertz CT molecular complexity index is 485. The Morgan fingerprint density at radius 3 is 2.55 bits per heavy atom. The van der Waals surface area contributed by atoms with Crippen molar-refractivity contribution in [2.45, 2.75) is 44.6 Å². The van der Waals surface area contributed by atoms with Gasteiger partial charge < -0.3 is 20.1 Å². The minimum absolute atomic E-state index is 0.00975. The van der Waals surface area contributed by atoms with Crippen LogP contribution in [0.25, 0.3) is 0 Å². The largest absolute Gasteiger partial charge is 0.493 e. The van der Waals surface area contributed by atoms with E-state index in [0.717, 1.165) is 12.2 Å². The summed E-state index contributed by atoms with van der Waals surface area (Å²) in [4.78, 5) is 12.0. The molecule has 1 amide bonds. The average molecular weight is 306 g/mol. The van der Waals surface area contributed by atoms with E-state index in [1.807, 2.05) is 6.07 Å². The maximum atomic E-state index is 12.0. The van der Waals surface area contributed by atoms with E-state index in [-0.39, 0.29) is 5.91 Å². The zero-order valence-electron chi connectivity index (χ0n) is 13.5. The van der Waals surface area contributed by atoms with E-state index in [1.165, 1.54) is 32.1 Å². The number of amides is 1. The third-order valence-electron chi connectivity index (χ3n) is 4.06. The van der Waals surface area contributed by atoms with Gasteiger partial charge >= 0.3 is 0 Å². The van der Waals surface area contributed by atoms with Gasteiger partial charge in [0.05, 0.1) is 14.2 Å². The topological polar surface area (TPSA) is 59.6 Å². The van der Waals surface area contributed by atoms with E-state index in [1.54, 1.807) is 26.4 Å². The summed E-state index contributed by atoms with van der Waals surface area (Å²) in [6.45, 7) is 0.726. The van der Waals surface area contributed by atoms with Gasteiger partial charge in [-0.1, -0.05) is 19.3 Å². The summed E-state index contributed by atoms with van der Waals surface area (Å²) in [5.74, 6) is 1.27. The Morgan fingerprint density at radius 1 is 1.14 bits per heavy atom. The first kappa shape index (κ1) is 16.6. The van der Waals surface area contributed by atoms with Crippen LogP contribution in [0.15, 0.2) is 18.2 Å². The molecule has 0 aromatic heterocycles. The number of carbonyl (C=O) groups is 1. The maximum absolute atomic E-state index is 12.0. The molecule has 1 fully saturated rings. The standard InChI is InChI=1S/C17H26N2O3/c1-21-15-9-8-14(12-16(15)22-2)19-17(20)10-11-18-13-6-4-3-5-7-13/h8-9,12-13,18H,3-7,10-11H2,1-2H3,(H,19,20). The van der Waals surface area contributed by atoms with Gasteiger partial charge in [-0.05, 0) is 25.0 Å². The first-order valence-corrected chi connectivity index (χ1v) is 7.98. The lowest BCUT2D eigenvalue weighted by Gasteiger charge is -2.22. The fraction of sp³-hybridized carbons (Fsp3) is 0.588. The van der Waals surface area contributed by atoms with Crippen molar-refractivity contribution in [2.75, 3.05) is 26.1 Å². The Kier molecular flexibility index (Phi) is 6.52. The predicted molar refractivity (Wildman–Crippen MR) is 87.7 cm³/mol. The van der Waals surface area contributed by atoms with Crippen LogP contribution in [0.1, 0.15) is 38.5 Å². The van der Waals surface area contributed by atoms with Crippen LogP contribution in [0.5, 0.6) is 11.5 Å². The number of anilines is 1. The summed E-state index contributed by atoms with van der Waals surface area (Å²) in [6.07, 6.45) is 6.89. The molecule has 1 aliphatic rings. The van der Waals surface area contributed by atoms with E-state index >= 15 is 0 Å². The molecule has 2 N–H and O–H groups in total. The highest BCUT2D eigenvalue weighted by Gasteiger charge is 2.13. The number of hydrogen-bond acceptors (Lipinski definition) is 4. The van der Waals surface area contributed by atoms with Crippen LogP contribution < -0.4 is 20.1 Å². The van der Waals surface area contributed by atoms with Gasteiger partial charge in [-0.3, -0.25) is 4.79 Å². The lowest BCUT2D eigenvalue weighted by atomic mass is 9.95. The molecular formula is C17H26N2O3. The summed E-state index contributed by atoms with van der Waals surface area (Å²) in [6, 6.07) is 5.95. The van der Waals surface area contributed by atoms with Crippen LogP contribution in [0.2, 0.25) is 0 Å². The summed E-state index contributed by atoms with van der Waals surface area (Å²) in [5.41, 5.74) is 0.723. The molecule has 22 heavy (non-hydrogen) atoms. The Balaban J connectivity index is 1.76. The molecule has 1 saturated carbocycles. The molecule has 0 saturated heterocycles. The van der Waals surface area contributed by atoms with Gasteiger partial charge in [-0.25, -0.2) is 0 Å². The first-order valence-electron chi connectivity index (χ1n) is 7.98. The van der Waals surface area contributed by atoms with Crippen molar-refractivity contribution in [3.63, 3.8) is 0 Å². The third kappa shape index (κ3) is 4.91. The summed E-state index contributed by atoms with van der Waals surface area (Å²) in [5, 5.41) is 6.36. The van der Waals surface area contributed by atoms with Gasteiger partial charge in [-0.15, -0.1) is 0 Å². The molecule has 0 atom stereocenters. The van der Waals surface area contributed by atoms with Crippen LogP contribution in [0.4, 0.5) is 5.69 Å². The van der Waals surface area contributed by atoms with Gasteiger partial charge in [0, 0.05) is 30.8 Å². The normalized spacial score (nSPS) is 15.4. The van der Waals surface area contributed by atoms with E-state index in [4.69, 9.17) is 9.47 Å². The van der Waals surface area contributed by atoms with E-state index < -0.39 is 0 Å². The van der Waals surface area contributed by atoms with Gasteiger partial charge in [-0.2, -0.15) is 0 Å². The minimum atomic E-state index is 0.00975. The number of ether oxygens (including phenoxy) is 2. The quantitative estimate of drug-likeness (QED) is 0.813. The highest BCUT2D eigenvalue weighted by atomic mass is 16.5.